The van der Waals surface area contributed by atoms with Crippen LogP contribution in [-0.4, -0.2) is 47.4 Å². The molecule has 0 aliphatic rings. The molecule has 2 unspecified atom stereocenters. The van der Waals surface area contributed by atoms with Crippen LogP contribution in [0.15, 0.2) is 36.5 Å². The maximum absolute atomic E-state index is 12.4. The maximum atomic E-state index is 12.4. The number of nitrogens with one attached hydrogen (secondary N) is 1. The summed E-state index contributed by atoms with van der Waals surface area (Å²) >= 11 is 0. The Labute approximate surface area is 398 Å². The molecule has 0 aromatic heterocycles. The zero-order valence-electron chi connectivity index (χ0n) is 42.8. The van der Waals surface area contributed by atoms with Gasteiger partial charge in [0.05, 0.1) is 25.4 Å². The van der Waals surface area contributed by atoms with Gasteiger partial charge >= 0.3 is 5.97 Å². The third-order valence-corrected chi connectivity index (χ3v) is 12.9. The van der Waals surface area contributed by atoms with Crippen LogP contribution in [0.3, 0.4) is 0 Å². The number of ether oxygens (including phenoxy) is 1. The first-order valence-electron chi connectivity index (χ1n) is 28.3. The van der Waals surface area contributed by atoms with E-state index >= 15 is 0 Å². The molecule has 0 aliphatic carbocycles. The quantitative estimate of drug-likeness (QED) is 0.0321. The van der Waals surface area contributed by atoms with Crippen molar-refractivity contribution in [2.45, 2.75) is 309 Å². The van der Waals surface area contributed by atoms with Crippen LogP contribution in [0.4, 0.5) is 0 Å². The summed E-state index contributed by atoms with van der Waals surface area (Å²) in [5.74, 6) is -0.162. The van der Waals surface area contributed by atoms with E-state index in [2.05, 4.69) is 37.4 Å². The van der Waals surface area contributed by atoms with E-state index in [-0.39, 0.29) is 18.5 Å². The van der Waals surface area contributed by atoms with Crippen molar-refractivity contribution in [3.8, 4) is 0 Å². The second-order valence-corrected chi connectivity index (χ2v) is 19.3. The molecule has 0 saturated carbocycles. The molecule has 0 rings (SSSR count). The van der Waals surface area contributed by atoms with Crippen LogP contribution in [0, 0.1) is 0 Å². The topological polar surface area (TPSA) is 95.9 Å². The van der Waals surface area contributed by atoms with Gasteiger partial charge in [0.1, 0.15) is 0 Å². The first kappa shape index (κ1) is 62.1. The molecule has 0 spiro atoms. The largest absolute Gasteiger partial charge is 0.466 e. The molecule has 0 aromatic rings. The standard InChI is InChI=1S/C58H109NO5/c1-3-5-7-9-11-13-15-17-19-20-21-22-24-26-30-34-38-42-46-50-56(61)55(54-60)59-57(62)51-47-43-39-35-31-27-25-29-33-37-41-45-49-53-64-58(63)52-48-44-40-36-32-28-23-18-16-14-12-10-8-6-4-2/h27,31,39,43,46,50,55-56,60-61H,3-26,28-30,32-38,40-42,44-45,47-49,51-54H2,1-2H3,(H,59,62)/b31-27-,43-39-,50-46+. The number of unbranched alkanes of at least 4 members (excludes halogenated alkanes) is 37. The average molecular weight is 901 g/mol. The first-order valence-corrected chi connectivity index (χ1v) is 28.3. The molecule has 2 atom stereocenters. The Morgan fingerprint density at radius 2 is 0.797 bits per heavy atom. The Kier molecular flexibility index (Phi) is 52.1. The van der Waals surface area contributed by atoms with E-state index in [1.54, 1.807) is 6.08 Å². The SMILES string of the molecule is CCCCCCCCCCCCCCCCCCC/C=C/C(O)C(CO)NC(=O)CC/C=C\C/C=C\CCCCCCCCOC(=O)CCCCCCCCCCCCCCCCC. The van der Waals surface area contributed by atoms with Gasteiger partial charge in [-0.05, 0) is 51.4 Å². The van der Waals surface area contributed by atoms with E-state index in [9.17, 15) is 19.8 Å². The van der Waals surface area contributed by atoms with Gasteiger partial charge in [0.15, 0.2) is 0 Å². The number of amides is 1. The number of hydrogen-bond acceptors (Lipinski definition) is 5. The predicted molar refractivity (Wildman–Crippen MR) is 278 cm³/mol. The highest BCUT2D eigenvalue weighted by Crippen LogP contribution is 2.16. The van der Waals surface area contributed by atoms with Crippen molar-refractivity contribution >= 4 is 11.9 Å². The van der Waals surface area contributed by atoms with Gasteiger partial charge in [-0.15, -0.1) is 0 Å². The van der Waals surface area contributed by atoms with Crippen molar-refractivity contribution < 1.29 is 24.5 Å². The molecule has 376 valence electrons. The summed E-state index contributed by atoms with van der Waals surface area (Å²) in [6, 6.07) is -0.672. The van der Waals surface area contributed by atoms with Crippen LogP contribution in [0.5, 0.6) is 0 Å². The van der Waals surface area contributed by atoms with E-state index < -0.39 is 12.1 Å². The van der Waals surface area contributed by atoms with Crippen LogP contribution >= 0.6 is 0 Å². The molecule has 0 radical (unpaired) electrons. The van der Waals surface area contributed by atoms with Gasteiger partial charge in [-0.2, -0.15) is 0 Å². The number of carbonyl (C=O) groups excluding carboxylic acids is 2. The molecular formula is C58H109NO5. The van der Waals surface area contributed by atoms with Gasteiger partial charge in [0, 0.05) is 12.8 Å². The number of aliphatic hydroxyl groups is 2. The summed E-state index contributed by atoms with van der Waals surface area (Å²) in [5, 5.41) is 23.1. The monoisotopic (exact) mass is 900 g/mol. The zero-order chi connectivity index (χ0) is 46.5. The van der Waals surface area contributed by atoms with Crippen LogP contribution in [0.2, 0.25) is 0 Å². The van der Waals surface area contributed by atoms with Gasteiger partial charge in [-0.1, -0.05) is 269 Å². The highest BCUT2D eigenvalue weighted by molar-refractivity contribution is 5.76. The summed E-state index contributed by atoms with van der Waals surface area (Å²) in [6.07, 6.45) is 66.0. The fourth-order valence-electron chi connectivity index (χ4n) is 8.57. The third kappa shape index (κ3) is 49.5. The predicted octanol–water partition coefficient (Wildman–Crippen LogP) is 17.2. The molecule has 0 fully saturated rings. The Bertz CT molecular complexity index is 1040. The number of rotatable bonds is 52. The summed E-state index contributed by atoms with van der Waals surface area (Å²) < 4.78 is 5.46. The van der Waals surface area contributed by atoms with E-state index in [0.717, 1.165) is 51.4 Å². The lowest BCUT2D eigenvalue weighted by molar-refractivity contribution is -0.143. The highest BCUT2D eigenvalue weighted by atomic mass is 16.5. The van der Waals surface area contributed by atoms with Gasteiger partial charge < -0.3 is 20.3 Å². The van der Waals surface area contributed by atoms with Crippen LogP contribution in [0.25, 0.3) is 0 Å². The summed E-state index contributed by atoms with van der Waals surface area (Å²) in [5.41, 5.74) is 0. The molecule has 0 heterocycles. The number of carbonyl (C=O) groups is 2. The normalized spacial score (nSPS) is 12.9. The highest BCUT2D eigenvalue weighted by Gasteiger charge is 2.17. The van der Waals surface area contributed by atoms with E-state index in [1.165, 1.54) is 212 Å². The van der Waals surface area contributed by atoms with Crippen molar-refractivity contribution in [2.75, 3.05) is 13.2 Å². The molecule has 0 bridgehead atoms. The first-order chi connectivity index (χ1) is 31.5. The van der Waals surface area contributed by atoms with Crippen molar-refractivity contribution in [1.29, 1.82) is 0 Å². The lowest BCUT2D eigenvalue weighted by Crippen LogP contribution is -2.45. The Hall–Kier alpha value is -1.92. The maximum Gasteiger partial charge on any atom is 0.305 e. The molecule has 6 heteroatoms. The second-order valence-electron chi connectivity index (χ2n) is 19.3. The van der Waals surface area contributed by atoms with Crippen molar-refractivity contribution in [2.24, 2.45) is 0 Å². The van der Waals surface area contributed by atoms with E-state index in [4.69, 9.17) is 4.74 Å². The Morgan fingerprint density at radius 1 is 0.438 bits per heavy atom. The van der Waals surface area contributed by atoms with Gasteiger partial charge in [0.25, 0.3) is 0 Å². The van der Waals surface area contributed by atoms with Crippen LogP contribution < -0.4 is 5.32 Å². The van der Waals surface area contributed by atoms with Crippen molar-refractivity contribution in [3.63, 3.8) is 0 Å². The minimum atomic E-state index is -0.879. The molecule has 6 nitrogen and oxygen atoms in total. The number of esters is 1. The fourth-order valence-corrected chi connectivity index (χ4v) is 8.57. The van der Waals surface area contributed by atoms with E-state index in [1.807, 2.05) is 12.2 Å². The average Bonchev–Trinajstić information content (AvgIpc) is 3.29. The van der Waals surface area contributed by atoms with Gasteiger partial charge in [-0.3, -0.25) is 9.59 Å². The Morgan fingerprint density at radius 3 is 1.22 bits per heavy atom. The molecule has 0 aromatic carbocycles. The minimum Gasteiger partial charge on any atom is -0.466 e. The molecular weight excluding hydrogens is 791 g/mol. The molecule has 0 aliphatic heterocycles. The summed E-state index contributed by atoms with van der Waals surface area (Å²) in [6.45, 7) is 4.85. The molecule has 3 N–H and O–H groups in total. The van der Waals surface area contributed by atoms with Gasteiger partial charge in [-0.25, -0.2) is 0 Å². The zero-order valence-corrected chi connectivity index (χ0v) is 42.8. The lowest BCUT2D eigenvalue weighted by atomic mass is 10.0. The summed E-state index contributed by atoms with van der Waals surface area (Å²) in [4.78, 5) is 24.5. The minimum absolute atomic E-state index is 0.0156. The lowest BCUT2D eigenvalue weighted by Gasteiger charge is -2.19. The summed E-state index contributed by atoms with van der Waals surface area (Å²) in [7, 11) is 0. The van der Waals surface area contributed by atoms with Crippen LogP contribution in [0.1, 0.15) is 296 Å². The fraction of sp³-hybridized carbons (Fsp3) is 0.862. The van der Waals surface area contributed by atoms with Crippen LogP contribution in [-0.2, 0) is 14.3 Å². The number of hydrogen-bond donors (Lipinski definition) is 3. The third-order valence-electron chi connectivity index (χ3n) is 12.9. The second kappa shape index (κ2) is 53.7. The molecule has 64 heavy (non-hydrogen) atoms. The molecule has 1 amide bonds. The van der Waals surface area contributed by atoms with Crippen molar-refractivity contribution in [1.82, 2.24) is 5.32 Å². The van der Waals surface area contributed by atoms with E-state index in [0.29, 0.717) is 25.9 Å². The Balaban J connectivity index is 3.57. The number of aliphatic hydroxyl groups excluding tert-OH is 2. The molecule has 0 saturated heterocycles. The van der Waals surface area contributed by atoms with Crippen molar-refractivity contribution in [3.05, 3.63) is 36.5 Å². The van der Waals surface area contributed by atoms with Gasteiger partial charge in [0.2, 0.25) is 5.91 Å². The number of allylic oxidation sites excluding steroid dienone is 5. The smallest absolute Gasteiger partial charge is 0.305 e.